The SMILES string of the molecule is Nc1ccccc1CCC(=O)N1CCC(CC(=O)O)C1. The average molecular weight is 276 g/mol. The molecule has 5 nitrogen and oxygen atoms in total. The number of likely N-dealkylation sites (tertiary alicyclic amines) is 1. The number of hydrogen-bond donors (Lipinski definition) is 2. The quantitative estimate of drug-likeness (QED) is 0.799. The second-order valence-electron chi connectivity index (χ2n) is 5.29. The number of carboxylic acids is 1. The van der Waals surface area contributed by atoms with Gasteiger partial charge in [0.2, 0.25) is 5.91 Å². The van der Waals surface area contributed by atoms with Gasteiger partial charge in [-0.15, -0.1) is 0 Å². The van der Waals surface area contributed by atoms with E-state index in [1.807, 2.05) is 24.3 Å². The number of anilines is 1. The molecule has 0 saturated carbocycles. The van der Waals surface area contributed by atoms with Crippen LogP contribution in [0.3, 0.4) is 0 Å². The summed E-state index contributed by atoms with van der Waals surface area (Å²) in [6, 6.07) is 7.55. The van der Waals surface area contributed by atoms with Crippen LogP contribution in [-0.2, 0) is 16.0 Å². The van der Waals surface area contributed by atoms with Crippen LogP contribution in [0.4, 0.5) is 5.69 Å². The van der Waals surface area contributed by atoms with Gasteiger partial charge in [-0.05, 0) is 30.4 Å². The van der Waals surface area contributed by atoms with Crippen molar-refractivity contribution in [3.8, 4) is 0 Å². The summed E-state index contributed by atoms with van der Waals surface area (Å²) in [6.07, 6.45) is 1.99. The molecule has 1 aliphatic heterocycles. The molecule has 1 aromatic carbocycles. The number of benzene rings is 1. The fraction of sp³-hybridized carbons (Fsp3) is 0.467. The smallest absolute Gasteiger partial charge is 0.303 e. The van der Waals surface area contributed by atoms with Gasteiger partial charge < -0.3 is 15.7 Å². The Morgan fingerprint density at radius 3 is 2.80 bits per heavy atom. The molecule has 1 fully saturated rings. The minimum absolute atomic E-state index is 0.0844. The maximum Gasteiger partial charge on any atom is 0.303 e. The Hall–Kier alpha value is -2.04. The Morgan fingerprint density at radius 1 is 1.35 bits per heavy atom. The highest BCUT2D eigenvalue weighted by Gasteiger charge is 2.27. The monoisotopic (exact) mass is 276 g/mol. The number of carbonyl (C=O) groups is 2. The van der Waals surface area contributed by atoms with Crippen LogP contribution in [0.2, 0.25) is 0 Å². The summed E-state index contributed by atoms with van der Waals surface area (Å²) in [7, 11) is 0. The molecule has 2 rings (SSSR count). The summed E-state index contributed by atoms with van der Waals surface area (Å²) in [5.74, 6) is -0.610. The minimum Gasteiger partial charge on any atom is -0.481 e. The number of aryl methyl sites for hydroxylation is 1. The Labute approximate surface area is 118 Å². The van der Waals surface area contributed by atoms with Gasteiger partial charge in [0.05, 0.1) is 0 Å². The molecule has 0 aliphatic carbocycles. The number of carboxylic acid groups (broad SMARTS) is 1. The zero-order valence-corrected chi connectivity index (χ0v) is 11.4. The van der Waals surface area contributed by atoms with Gasteiger partial charge in [-0.3, -0.25) is 9.59 Å². The third-order valence-corrected chi connectivity index (χ3v) is 3.77. The van der Waals surface area contributed by atoms with Crippen molar-refractivity contribution in [3.05, 3.63) is 29.8 Å². The normalized spacial score (nSPS) is 18.2. The Kier molecular flexibility index (Phi) is 4.61. The highest BCUT2D eigenvalue weighted by atomic mass is 16.4. The zero-order chi connectivity index (χ0) is 14.5. The molecule has 108 valence electrons. The summed E-state index contributed by atoms with van der Waals surface area (Å²) in [4.78, 5) is 24.5. The Morgan fingerprint density at radius 2 is 2.10 bits per heavy atom. The van der Waals surface area contributed by atoms with E-state index in [2.05, 4.69) is 0 Å². The van der Waals surface area contributed by atoms with E-state index in [0.29, 0.717) is 31.6 Å². The number of amides is 1. The molecule has 0 radical (unpaired) electrons. The lowest BCUT2D eigenvalue weighted by Gasteiger charge is -2.16. The lowest BCUT2D eigenvalue weighted by atomic mass is 10.1. The molecular formula is C15H20N2O3. The van der Waals surface area contributed by atoms with Crippen molar-refractivity contribution < 1.29 is 14.7 Å². The summed E-state index contributed by atoms with van der Waals surface area (Å²) in [6.45, 7) is 1.23. The molecule has 1 saturated heterocycles. The summed E-state index contributed by atoms with van der Waals surface area (Å²) in [5.41, 5.74) is 7.55. The van der Waals surface area contributed by atoms with Crippen molar-refractivity contribution in [2.75, 3.05) is 18.8 Å². The number of para-hydroxylation sites is 1. The summed E-state index contributed by atoms with van der Waals surface area (Å²) < 4.78 is 0. The fourth-order valence-corrected chi connectivity index (χ4v) is 2.63. The summed E-state index contributed by atoms with van der Waals surface area (Å²) >= 11 is 0. The molecule has 1 aromatic rings. The minimum atomic E-state index is -0.790. The van der Waals surface area contributed by atoms with Crippen LogP contribution in [0.1, 0.15) is 24.8 Å². The maximum atomic E-state index is 12.1. The molecule has 1 aliphatic rings. The van der Waals surface area contributed by atoms with Gasteiger partial charge in [-0.2, -0.15) is 0 Å². The number of nitrogen functional groups attached to an aromatic ring is 1. The van der Waals surface area contributed by atoms with E-state index < -0.39 is 5.97 Å². The average Bonchev–Trinajstić information content (AvgIpc) is 2.85. The van der Waals surface area contributed by atoms with Crippen molar-refractivity contribution >= 4 is 17.6 Å². The lowest BCUT2D eigenvalue weighted by Crippen LogP contribution is -2.29. The molecule has 5 heteroatoms. The van der Waals surface area contributed by atoms with E-state index in [-0.39, 0.29) is 18.2 Å². The van der Waals surface area contributed by atoms with Crippen LogP contribution in [0, 0.1) is 5.92 Å². The van der Waals surface area contributed by atoms with Crippen molar-refractivity contribution in [2.45, 2.75) is 25.7 Å². The first-order chi connectivity index (χ1) is 9.56. The molecule has 1 heterocycles. The zero-order valence-electron chi connectivity index (χ0n) is 11.4. The lowest BCUT2D eigenvalue weighted by molar-refractivity contribution is -0.138. The van der Waals surface area contributed by atoms with Crippen LogP contribution in [0.25, 0.3) is 0 Å². The molecule has 0 aromatic heterocycles. The molecule has 0 bridgehead atoms. The predicted octanol–water partition coefficient (Wildman–Crippen LogP) is 1.52. The predicted molar refractivity (Wildman–Crippen MR) is 76.1 cm³/mol. The van der Waals surface area contributed by atoms with E-state index >= 15 is 0 Å². The van der Waals surface area contributed by atoms with Crippen LogP contribution in [-0.4, -0.2) is 35.0 Å². The molecule has 20 heavy (non-hydrogen) atoms. The van der Waals surface area contributed by atoms with E-state index in [0.717, 1.165) is 12.0 Å². The van der Waals surface area contributed by atoms with Crippen LogP contribution >= 0.6 is 0 Å². The number of carbonyl (C=O) groups excluding carboxylic acids is 1. The maximum absolute atomic E-state index is 12.1. The molecule has 0 spiro atoms. The Bertz CT molecular complexity index is 502. The topological polar surface area (TPSA) is 83.6 Å². The van der Waals surface area contributed by atoms with Gasteiger partial charge in [0.25, 0.3) is 0 Å². The number of hydrogen-bond acceptors (Lipinski definition) is 3. The molecule has 1 amide bonds. The second-order valence-corrected chi connectivity index (χ2v) is 5.29. The van der Waals surface area contributed by atoms with Crippen LogP contribution in [0.15, 0.2) is 24.3 Å². The largest absolute Gasteiger partial charge is 0.481 e. The van der Waals surface area contributed by atoms with Crippen molar-refractivity contribution in [3.63, 3.8) is 0 Å². The van der Waals surface area contributed by atoms with Gasteiger partial charge in [0.15, 0.2) is 0 Å². The fourth-order valence-electron chi connectivity index (χ4n) is 2.63. The van der Waals surface area contributed by atoms with E-state index in [9.17, 15) is 9.59 Å². The number of rotatable bonds is 5. The highest BCUT2D eigenvalue weighted by molar-refractivity contribution is 5.77. The number of aliphatic carboxylic acids is 1. The summed E-state index contributed by atoms with van der Waals surface area (Å²) in [5, 5.41) is 8.76. The second kappa shape index (κ2) is 6.41. The first kappa shape index (κ1) is 14.4. The van der Waals surface area contributed by atoms with Crippen LogP contribution < -0.4 is 5.73 Å². The third kappa shape index (κ3) is 3.73. The standard InChI is InChI=1S/C15H20N2O3/c16-13-4-2-1-3-12(13)5-6-14(18)17-8-7-11(10-17)9-15(19)20/h1-4,11H,5-10,16H2,(H,19,20). The number of nitrogens with zero attached hydrogens (tertiary/aromatic N) is 1. The highest BCUT2D eigenvalue weighted by Crippen LogP contribution is 2.21. The molecular weight excluding hydrogens is 256 g/mol. The molecule has 1 atom stereocenters. The van der Waals surface area contributed by atoms with Gasteiger partial charge in [0.1, 0.15) is 0 Å². The van der Waals surface area contributed by atoms with Crippen LogP contribution in [0.5, 0.6) is 0 Å². The Balaban J connectivity index is 1.81. The van der Waals surface area contributed by atoms with Crippen molar-refractivity contribution in [2.24, 2.45) is 5.92 Å². The van der Waals surface area contributed by atoms with Gasteiger partial charge in [0, 0.05) is 31.6 Å². The number of nitrogens with two attached hydrogens (primary N) is 1. The van der Waals surface area contributed by atoms with E-state index in [1.54, 1.807) is 4.90 Å². The molecule has 1 unspecified atom stereocenters. The molecule has 3 N–H and O–H groups in total. The van der Waals surface area contributed by atoms with Crippen molar-refractivity contribution in [1.29, 1.82) is 0 Å². The first-order valence-corrected chi connectivity index (χ1v) is 6.89. The van der Waals surface area contributed by atoms with Gasteiger partial charge in [-0.25, -0.2) is 0 Å². The van der Waals surface area contributed by atoms with E-state index in [1.165, 1.54) is 0 Å². The van der Waals surface area contributed by atoms with Crippen molar-refractivity contribution in [1.82, 2.24) is 4.90 Å². The van der Waals surface area contributed by atoms with Gasteiger partial charge >= 0.3 is 5.97 Å². The van der Waals surface area contributed by atoms with E-state index in [4.69, 9.17) is 10.8 Å². The van der Waals surface area contributed by atoms with Gasteiger partial charge in [-0.1, -0.05) is 18.2 Å². The first-order valence-electron chi connectivity index (χ1n) is 6.89. The third-order valence-electron chi connectivity index (χ3n) is 3.77.